The Hall–Kier alpha value is -0.760. The van der Waals surface area contributed by atoms with Crippen molar-refractivity contribution in [3.05, 3.63) is 12.2 Å². The van der Waals surface area contributed by atoms with Crippen LogP contribution in [-0.2, 0) is 28.1 Å². The maximum Gasteiger partial charge on any atom is 0.469 e. The first-order valence-corrected chi connectivity index (χ1v) is 10.0. The number of hydrogen-bond acceptors (Lipinski definition) is 6. The van der Waals surface area contributed by atoms with E-state index < -0.39 is 26.2 Å². The van der Waals surface area contributed by atoms with E-state index in [1.54, 1.807) is 0 Å². The minimum atomic E-state index is -4.75. The monoisotopic (exact) mass is 382 g/mol. The standard InChI is InChI=1S/C16H31O8P/c1-5-7-9-21-15(22-10-8-6-2)11-14(24-25(18,19)20)12-23-16(17)13(3)4/h14-15H,3,5-12H2,1-2,4H3,(H2,18,19,20). The average Bonchev–Trinajstić information content (AvgIpc) is 2.50. The minimum Gasteiger partial charge on any atom is -0.460 e. The third kappa shape index (κ3) is 14.1. The Bertz CT molecular complexity index is 424. The lowest BCUT2D eigenvalue weighted by molar-refractivity contribution is -0.165. The van der Waals surface area contributed by atoms with Crippen LogP contribution in [0.3, 0.4) is 0 Å². The van der Waals surface area contributed by atoms with E-state index in [1.165, 1.54) is 6.92 Å². The highest BCUT2D eigenvalue weighted by Gasteiger charge is 2.27. The predicted octanol–water partition coefficient (Wildman–Crippen LogP) is 2.93. The zero-order valence-electron chi connectivity index (χ0n) is 15.3. The molecule has 1 unspecified atom stereocenters. The van der Waals surface area contributed by atoms with Gasteiger partial charge in [-0.25, -0.2) is 9.36 Å². The number of ether oxygens (including phenoxy) is 3. The molecule has 9 heteroatoms. The van der Waals surface area contributed by atoms with E-state index >= 15 is 0 Å². The molecule has 0 radical (unpaired) electrons. The quantitative estimate of drug-likeness (QED) is 0.146. The molecule has 0 saturated heterocycles. The SMILES string of the molecule is C=C(C)C(=O)OCC(CC(OCCCC)OCCCC)OP(=O)(O)O. The van der Waals surface area contributed by atoms with Crippen molar-refractivity contribution in [3.8, 4) is 0 Å². The summed E-state index contributed by atoms with van der Waals surface area (Å²) in [5.74, 6) is -0.658. The van der Waals surface area contributed by atoms with Gasteiger partial charge in [0.05, 0.1) is 0 Å². The van der Waals surface area contributed by atoms with Gasteiger partial charge in [0, 0.05) is 25.2 Å². The summed E-state index contributed by atoms with van der Waals surface area (Å²) in [5.41, 5.74) is 0.185. The first-order chi connectivity index (χ1) is 11.7. The highest BCUT2D eigenvalue weighted by molar-refractivity contribution is 7.46. The van der Waals surface area contributed by atoms with Gasteiger partial charge in [-0.3, -0.25) is 4.52 Å². The number of rotatable bonds is 15. The fourth-order valence-electron chi connectivity index (χ4n) is 1.74. The second-order valence-corrected chi connectivity index (χ2v) is 6.90. The Kier molecular flexibility index (Phi) is 13.0. The molecular formula is C16H31O8P. The van der Waals surface area contributed by atoms with Crippen LogP contribution in [0.1, 0.15) is 52.9 Å². The van der Waals surface area contributed by atoms with Gasteiger partial charge < -0.3 is 24.0 Å². The summed E-state index contributed by atoms with van der Waals surface area (Å²) in [6.45, 7) is 9.56. The fraction of sp³-hybridized carbons (Fsp3) is 0.812. The van der Waals surface area contributed by atoms with Gasteiger partial charge in [-0.1, -0.05) is 33.3 Å². The normalized spacial score (nSPS) is 13.0. The van der Waals surface area contributed by atoms with Crippen molar-refractivity contribution in [2.24, 2.45) is 0 Å². The van der Waals surface area contributed by atoms with Gasteiger partial charge in [-0.05, 0) is 19.8 Å². The molecule has 0 rings (SSSR count). The van der Waals surface area contributed by atoms with Gasteiger partial charge in [0.2, 0.25) is 0 Å². The highest BCUT2D eigenvalue weighted by atomic mass is 31.2. The summed E-state index contributed by atoms with van der Waals surface area (Å²) in [6.07, 6.45) is 1.84. The lowest BCUT2D eigenvalue weighted by Gasteiger charge is -2.24. The van der Waals surface area contributed by atoms with Crippen LogP contribution in [-0.4, -0.2) is 48.0 Å². The summed E-state index contributed by atoms with van der Waals surface area (Å²) in [7, 11) is -4.75. The third-order valence-electron chi connectivity index (χ3n) is 3.09. The topological polar surface area (TPSA) is 112 Å². The smallest absolute Gasteiger partial charge is 0.460 e. The van der Waals surface area contributed by atoms with E-state index in [1.807, 2.05) is 13.8 Å². The van der Waals surface area contributed by atoms with Crippen LogP contribution in [0, 0.1) is 0 Å². The molecule has 0 aliphatic rings. The summed E-state index contributed by atoms with van der Waals surface area (Å²) in [5, 5.41) is 0. The maximum atomic E-state index is 11.5. The number of phosphoric acid groups is 1. The zero-order valence-corrected chi connectivity index (χ0v) is 16.2. The van der Waals surface area contributed by atoms with E-state index in [0.29, 0.717) is 13.2 Å². The Morgan fingerprint density at radius 2 is 1.64 bits per heavy atom. The molecule has 0 bridgehead atoms. The molecule has 0 aromatic rings. The molecule has 0 aliphatic heterocycles. The highest BCUT2D eigenvalue weighted by Crippen LogP contribution is 2.38. The van der Waals surface area contributed by atoms with Crippen LogP contribution in [0.5, 0.6) is 0 Å². The van der Waals surface area contributed by atoms with Crippen LogP contribution in [0.25, 0.3) is 0 Å². The first kappa shape index (κ1) is 24.2. The molecule has 0 aromatic heterocycles. The first-order valence-electron chi connectivity index (χ1n) is 8.49. The van der Waals surface area contributed by atoms with Crippen molar-refractivity contribution >= 4 is 13.8 Å². The third-order valence-corrected chi connectivity index (χ3v) is 3.67. The number of carbonyl (C=O) groups excluding carboxylic acids is 1. The van der Waals surface area contributed by atoms with Crippen molar-refractivity contribution in [3.63, 3.8) is 0 Å². The fourth-order valence-corrected chi connectivity index (χ4v) is 2.28. The molecule has 148 valence electrons. The molecule has 1 atom stereocenters. The Labute approximate surface area is 149 Å². The second kappa shape index (κ2) is 13.4. The average molecular weight is 382 g/mol. The molecule has 2 N–H and O–H groups in total. The van der Waals surface area contributed by atoms with E-state index in [4.69, 9.17) is 28.5 Å². The molecule has 0 amide bonds. The summed E-state index contributed by atoms with van der Waals surface area (Å²) in [4.78, 5) is 29.6. The lowest BCUT2D eigenvalue weighted by atomic mass is 10.2. The molecule has 0 spiro atoms. The van der Waals surface area contributed by atoms with Crippen LogP contribution in [0.2, 0.25) is 0 Å². The van der Waals surface area contributed by atoms with Crippen LogP contribution < -0.4 is 0 Å². The molecule has 0 fully saturated rings. The van der Waals surface area contributed by atoms with Crippen molar-refractivity contribution in [2.45, 2.75) is 65.3 Å². The molecule has 0 aromatic carbocycles. The van der Waals surface area contributed by atoms with Crippen molar-refractivity contribution in [2.75, 3.05) is 19.8 Å². The van der Waals surface area contributed by atoms with Gasteiger partial charge in [0.25, 0.3) is 0 Å². The second-order valence-electron chi connectivity index (χ2n) is 5.71. The van der Waals surface area contributed by atoms with E-state index in [0.717, 1.165) is 25.7 Å². The molecule has 0 heterocycles. The van der Waals surface area contributed by atoms with Gasteiger partial charge in [-0.15, -0.1) is 0 Å². The summed E-state index contributed by atoms with van der Waals surface area (Å²) >= 11 is 0. The predicted molar refractivity (Wildman–Crippen MR) is 92.8 cm³/mol. The molecular weight excluding hydrogens is 351 g/mol. The number of phosphoric ester groups is 1. The van der Waals surface area contributed by atoms with E-state index in [2.05, 4.69) is 6.58 Å². The summed E-state index contributed by atoms with van der Waals surface area (Å²) < 4.78 is 32.0. The molecule has 0 aliphatic carbocycles. The summed E-state index contributed by atoms with van der Waals surface area (Å²) in [6, 6.07) is 0. The number of unbranched alkanes of at least 4 members (excludes halogenated alkanes) is 2. The lowest BCUT2D eigenvalue weighted by Crippen LogP contribution is -2.30. The van der Waals surface area contributed by atoms with Crippen molar-refractivity contribution in [1.29, 1.82) is 0 Å². The van der Waals surface area contributed by atoms with E-state index in [-0.39, 0.29) is 18.6 Å². The minimum absolute atomic E-state index is 0.0298. The molecule has 0 saturated carbocycles. The van der Waals surface area contributed by atoms with Crippen LogP contribution >= 0.6 is 7.82 Å². The number of carbonyl (C=O) groups is 1. The number of esters is 1. The van der Waals surface area contributed by atoms with Gasteiger partial charge in [-0.2, -0.15) is 0 Å². The molecule has 25 heavy (non-hydrogen) atoms. The van der Waals surface area contributed by atoms with Crippen LogP contribution in [0.4, 0.5) is 0 Å². The van der Waals surface area contributed by atoms with Gasteiger partial charge in [0.15, 0.2) is 6.29 Å². The largest absolute Gasteiger partial charge is 0.469 e. The zero-order chi connectivity index (χ0) is 19.3. The van der Waals surface area contributed by atoms with Crippen molar-refractivity contribution in [1.82, 2.24) is 0 Å². The van der Waals surface area contributed by atoms with Crippen molar-refractivity contribution < 1.29 is 37.9 Å². The Morgan fingerprint density at radius 3 is 2.04 bits per heavy atom. The van der Waals surface area contributed by atoms with Gasteiger partial charge >= 0.3 is 13.8 Å². The number of hydrogen-bond donors (Lipinski definition) is 2. The molecule has 8 nitrogen and oxygen atoms in total. The Balaban J connectivity index is 4.79. The Morgan fingerprint density at radius 1 is 1.12 bits per heavy atom. The maximum absolute atomic E-state index is 11.5. The van der Waals surface area contributed by atoms with Gasteiger partial charge in [0.1, 0.15) is 12.7 Å². The van der Waals surface area contributed by atoms with E-state index in [9.17, 15) is 9.36 Å². The van der Waals surface area contributed by atoms with Crippen LogP contribution in [0.15, 0.2) is 12.2 Å².